The van der Waals surface area contributed by atoms with Crippen molar-refractivity contribution in [3.8, 4) is 0 Å². The molecule has 0 saturated carbocycles. The number of benzene rings is 1. The average Bonchev–Trinajstić information content (AvgIpc) is 2.06. The van der Waals surface area contributed by atoms with Gasteiger partial charge in [-0.1, -0.05) is 18.2 Å². The number of hydroxylamine groups is 1. The van der Waals surface area contributed by atoms with E-state index in [1.165, 1.54) is 0 Å². The first-order chi connectivity index (χ1) is 5.38. The van der Waals surface area contributed by atoms with Gasteiger partial charge in [0.25, 0.3) is 0 Å². The van der Waals surface area contributed by atoms with Crippen LogP contribution in [0.5, 0.6) is 0 Å². The molecule has 3 heteroatoms. The predicted molar refractivity (Wildman–Crippen MR) is 44.6 cm³/mol. The van der Waals surface area contributed by atoms with Crippen molar-refractivity contribution in [1.82, 2.24) is 5.48 Å². The van der Waals surface area contributed by atoms with E-state index < -0.39 is 0 Å². The molecule has 3 N–H and O–H groups in total. The van der Waals surface area contributed by atoms with Crippen LogP contribution in [0.1, 0.15) is 5.56 Å². The van der Waals surface area contributed by atoms with Gasteiger partial charge in [0, 0.05) is 19.3 Å². The first kappa shape index (κ1) is 8.04. The molecule has 1 rings (SSSR count). The fourth-order valence-corrected chi connectivity index (χ4v) is 1.00. The molecule has 1 aromatic carbocycles. The highest BCUT2D eigenvalue weighted by Gasteiger charge is 1.96. The highest BCUT2D eigenvalue weighted by molar-refractivity contribution is 5.50. The van der Waals surface area contributed by atoms with Crippen LogP contribution in [0.4, 0.5) is 5.69 Å². The van der Waals surface area contributed by atoms with Crippen molar-refractivity contribution in [2.75, 3.05) is 12.4 Å². The Bertz CT molecular complexity index is 225. The SMILES string of the molecule is CNc1ccccc1CNO. The Morgan fingerprint density at radius 1 is 1.36 bits per heavy atom. The molecule has 0 aliphatic rings. The van der Waals surface area contributed by atoms with Crippen molar-refractivity contribution in [2.45, 2.75) is 6.54 Å². The molecule has 0 heterocycles. The second-order valence-electron chi connectivity index (χ2n) is 2.24. The average molecular weight is 152 g/mol. The van der Waals surface area contributed by atoms with Crippen LogP contribution in [0, 0.1) is 0 Å². The van der Waals surface area contributed by atoms with Crippen LogP contribution >= 0.6 is 0 Å². The maximum absolute atomic E-state index is 8.46. The molecule has 0 aliphatic heterocycles. The fraction of sp³-hybridized carbons (Fsp3) is 0.250. The summed E-state index contributed by atoms with van der Waals surface area (Å²) < 4.78 is 0. The molecule has 0 bridgehead atoms. The molecule has 0 radical (unpaired) electrons. The highest BCUT2D eigenvalue weighted by Crippen LogP contribution is 2.12. The lowest BCUT2D eigenvalue weighted by Gasteiger charge is -2.06. The first-order valence-corrected chi connectivity index (χ1v) is 3.51. The van der Waals surface area contributed by atoms with Crippen molar-refractivity contribution < 1.29 is 5.21 Å². The van der Waals surface area contributed by atoms with E-state index in [1.54, 1.807) is 0 Å². The summed E-state index contributed by atoms with van der Waals surface area (Å²) in [4.78, 5) is 0. The molecule has 0 spiro atoms. The number of anilines is 1. The molecule has 11 heavy (non-hydrogen) atoms. The predicted octanol–water partition coefficient (Wildman–Crippen LogP) is 1.21. The molecular formula is C8H12N2O. The summed E-state index contributed by atoms with van der Waals surface area (Å²) in [6.45, 7) is 0.469. The third kappa shape index (κ3) is 1.93. The summed E-state index contributed by atoms with van der Waals surface area (Å²) in [6, 6.07) is 7.81. The van der Waals surface area contributed by atoms with Gasteiger partial charge in [-0.25, -0.2) is 5.48 Å². The van der Waals surface area contributed by atoms with Crippen LogP contribution < -0.4 is 10.8 Å². The van der Waals surface area contributed by atoms with Gasteiger partial charge in [-0.05, 0) is 11.6 Å². The van der Waals surface area contributed by atoms with E-state index in [-0.39, 0.29) is 0 Å². The minimum absolute atomic E-state index is 0.469. The largest absolute Gasteiger partial charge is 0.388 e. The number of rotatable bonds is 3. The van der Waals surface area contributed by atoms with Crippen LogP contribution in [-0.2, 0) is 6.54 Å². The molecule has 3 nitrogen and oxygen atoms in total. The number of hydrogen-bond donors (Lipinski definition) is 3. The molecule has 60 valence electrons. The Morgan fingerprint density at radius 3 is 2.73 bits per heavy atom. The van der Waals surface area contributed by atoms with Gasteiger partial charge in [0.15, 0.2) is 0 Å². The van der Waals surface area contributed by atoms with Crippen molar-refractivity contribution in [2.24, 2.45) is 0 Å². The van der Waals surface area contributed by atoms with E-state index >= 15 is 0 Å². The maximum Gasteiger partial charge on any atom is 0.0478 e. The summed E-state index contributed by atoms with van der Waals surface area (Å²) in [5.41, 5.74) is 4.21. The van der Waals surface area contributed by atoms with Crippen LogP contribution in [0.25, 0.3) is 0 Å². The molecule has 0 aromatic heterocycles. The van der Waals surface area contributed by atoms with Gasteiger partial charge in [0.2, 0.25) is 0 Å². The van der Waals surface area contributed by atoms with E-state index in [0.717, 1.165) is 11.3 Å². The van der Waals surface area contributed by atoms with Gasteiger partial charge in [-0.2, -0.15) is 0 Å². The molecule has 0 aliphatic carbocycles. The third-order valence-corrected chi connectivity index (χ3v) is 1.56. The number of para-hydroxylation sites is 1. The van der Waals surface area contributed by atoms with E-state index in [0.29, 0.717) is 6.54 Å². The highest BCUT2D eigenvalue weighted by atomic mass is 16.5. The summed E-state index contributed by atoms with van der Waals surface area (Å²) in [6.07, 6.45) is 0. The van der Waals surface area contributed by atoms with Gasteiger partial charge < -0.3 is 10.5 Å². The van der Waals surface area contributed by atoms with Crippen molar-refractivity contribution >= 4 is 5.69 Å². The molecule has 0 saturated heterocycles. The lowest BCUT2D eigenvalue weighted by atomic mass is 10.2. The minimum Gasteiger partial charge on any atom is -0.388 e. The Hall–Kier alpha value is -1.06. The number of hydrogen-bond acceptors (Lipinski definition) is 3. The van der Waals surface area contributed by atoms with Crippen molar-refractivity contribution in [3.63, 3.8) is 0 Å². The van der Waals surface area contributed by atoms with Crippen LogP contribution in [-0.4, -0.2) is 12.3 Å². The third-order valence-electron chi connectivity index (χ3n) is 1.56. The summed E-state index contributed by atoms with van der Waals surface area (Å²) in [7, 11) is 1.86. The fourth-order valence-electron chi connectivity index (χ4n) is 1.00. The Kier molecular flexibility index (Phi) is 2.89. The second kappa shape index (κ2) is 3.95. The van der Waals surface area contributed by atoms with Crippen molar-refractivity contribution in [3.05, 3.63) is 29.8 Å². The zero-order valence-electron chi connectivity index (χ0n) is 6.46. The number of nitrogens with one attached hydrogen (secondary N) is 2. The molecule has 1 aromatic rings. The monoisotopic (exact) mass is 152 g/mol. The molecule has 0 amide bonds. The molecular weight excluding hydrogens is 140 g/mol. The van der Waals surface area contributed by atoms with Gasteiger partial charge in [0.05, 0.1) is 0 Å². The smallest absolute Gasteiger partial charge is 0.0478 e. The van der Waals surface area contributed by atoms with E-state index in [9.17, 15) is 0 Å². The zero-order chi connectivity index (χ0) is 8.10. The lowest BCUT2D eigenvalue weighted by molar-refractivity contribution is 0.161. The quantitative estimate of drug-likeness (QED) is 0.570. The van der Waals surface area contributed by atoms with E-state index in [2.05, 4.69) is 10.8 Å². The maximum atomic E-state index is 8.46. The summed E-state index contributed by atoms with van der Waals surface area (Å²) >= 11 is 0. The normalized spacial score (nSPS) is 9.64. The Balaban J connectivity index is 2.83. The lowest BCUT2D eigenvalue weighted by Crippen LogP contribution is -2.08. The Labute approximate surface area is 66.0 Å². The topological polar surface area (TPSA) is 44.3 Å². The van der Waals surface area contributed by atoms with Gasteiger partial charge in [-0.3, -0.25) is 0 Å². The first-order valence-electron chi connectivity index (χ1n) is 3.51. The van der Waals surface area contributed by atoms with Crippen LogP contribution in [0.2, 0.25) is 0 Å². The van der Waals surface area contributed by atoms with Gasteiger partial charge in [-0.15, -0.1) is 0 Å². The second-order valence-corrected chi connectivity index (χ2v) is 2.24. The zero-order valence-corrected chi connectivity index (χ0v) is 6.46. The van der Waals surface area contributed by atoms with E-state index in [4.69, 9.17) is 5.21 Å². The molecule has 0 fully saturated rings. The van der Waals surface area contributed by atoms with Crippen molar-refractivity contribution in [1.29, 1.82) is 0 Å². The van der Waals surface area contributed by atoms with Gasteiger partial charge in [0.1, 0.15) is 0 Å². The Morgan fingerprint density at radius 2 is 2.09 bits per heavy atom. The van der Waals surface area contributed by atoms with E-state index in [1.807, 2.05) is 31.3 Å². The summed E-state index contributed by atoms with van der Waals surface area (Å²) in [5, 5.41) is 11.5. The van der Waals surface area contributed by atoms with Gasteiger partial charge >= 0.3 is 0 Å². The molecule has 0 atom stereocenters. The minimum atomic E-state index is 0.469. The van der Waals surface area contributed by atoms with Crippen LogP contribution in [0.3, 0.4) is 0 Å². The van der Waals surface area contributed by atoms with Crippen LogP contribution in [0.15, 0.2) is 24.3 Å². The molecule has 0 unspecified atom stereocenters. The standard InChI is InChI=1S/C8H12N2O/c1-9-8-5-3-2-4-7(8)6-10-11/h2-5,9-11H,6H2,1H3. The summed E-state index contributed by atoms with van der Waals surface area (Å²) in [5.74, 6) is 0.